The molecule has 1 amide bonds. The predicted octanol–water partition coefficient (Wildman–Crippen LogP) is 2.39. The van der Waals surface area contributed by atoms with E-state index in [1.54, 1.807) is 6.20 Å². The molecule has 22 heavy (non-hydrogen) atoms. The maximum atomic E-state index is 12.5. The minimum Gasteiger partial charge on any atom is -0.338 e. The fraction of sp³-hybridized carbons (Fsp3) is 0.333. The van der Waals surface area contributed by atoms with Crippen molar-refractivity contribution in [3.05, 3.63) is 66.0 Å². The summed E-state index contributed by atoms with van der Waals surface area (Å²) in [6.07, 6.45) is 3.74. The molecular weight excluding hydrogens is 274 g/mol. The molecule has 0 aliphatic carbocycles. The fourth-order valence-electron chi connectivity index (χ4n) is 2.32. The van der Waals surface area contributed by atoms with Gasteiger partial charge in [-0.05, 0) is 37.1 Å². The van der Waals surface area contributed by atoms with Gasteiger partial charge < -0.3 is 10.6 Å². The van der Waals surface area contributed by atoms with Crippen LogP contribution < -0.4 is 5.73 Å². The van der Waals surface area contributed by atoms with E-state index in [2.05, 4.69) is 4.98 Å². The molecule has 1 aromatic carbocycles. The van der Waals surface area contributed by atoms with Crippen molar-refractivity contribution >= 4 is 5.91 Å². The third-order valence-corrected chi connectivity index (χ3v) is 3.52. The van der Waals surface area contributed by atoms with E-state index < -0.39 is 0 Å². The first-order valence-electron chi connectivity index (χ1n) is 7.71. The Morgan fingerprint density at radius 3 is 2.55 bits per heavy atom. The first kappa shape index (κ1) is 16.2. The smallest absolute Gasteiger partial charge is 0.223 e. The number of hydrogen-bond acceptors (Lipinski definition) is 3. The Balaban J connectivity index is 1.93. The zero-order valence-corrected chi connectivity index (χ0v) is 12.8. The lowest BCUT2D eigenvalue weighted by Crippen LogP contribution is -2.32. The van der Waals surface area contributed by atoms with Gasteiger partial charge in [-0.3, -0.25) is 9.78 Å². The minimum absolute atomic E-state index is 0.156. The highest BCUT2D eigenvalue weighted by Crippen LogP contribution is 2.08. The van der Waals surface area contributed by atoms with Crippen LogP contribution in [0.4, 0.5) is 0 Å². The van der Waals surface area contributed by atoms with E-state index >= 15 is 0 Å². The van der Waals surface area contributed by atoms with E-state index in [-0.39, 0.29) is 5.91 Å². The Morgan fingerprint density at radius 2 is 1.86 bits per heavy atom. The topological polar surface area (TPSA) is 59.2 Å². The quantitative estimate of drug-likeness (QED) is 0.814. The van der Waals surface area contributed by atoms with E-state index in [0.29, 0.717) is 32.5 Å². The van der Waals surface area contributed by atoms with Gasteiger partial charge in [0.1, 0.15) is 0 Å². The van der Waals surface area contributed by atoms with Crippen LogP contribution in [0.1, 0.15) is 24.1 Å². The van der Waals surface area contributed by atoms with E-state index in [9.17, 15) is 4.79 Å². The van der Waals surface area contributed by atoms with E-state index in [0.717, 1.165) is 17.7 Å². The van der Waals surface area contributed by atoms with Gasteiger partial charge in [-0.15, -0.1) is 0 Å². The van der Waals surface area contributed by atoms with Gasteiger partial charge in [0, 0.05) is 31.4 Å². The molecule has 2 aromatic rings. The lowest BCUT2D eigenvalue weighted by Gasteiger charge is -2.22. The molecule has 1 heterocycles. The fourth-order valence-corrected chi connectivity index (χ4v) is 2.32. The first-order valence-corrected chi connectivity index (χ1v) is 7.71. The number of hydrogen-bond donors (Lipinski definition) is 1. The Labute approximate surface area is 132 Å². The highest BCUT2D eigenvalue weighted by atomic mass is 16.2. The summed E-state index contributed by atoms with van der Waals surface area (Å²) in [6, 6.07) is 15.8. The third kappa shape index (κ3) is 5.30. The number of aryl methyl sites for hydroxylation is 1. The summed E-state index contributed by atoms with van der Waals surface area (Å²) in [5, 5.41) is 0. The summed E-state index contributed by atoms with van der Waals surface area (Å²) in [6.45, 7) is 1.94. The highest BCUT2D eigenvalue weighted by Gasteiger charge is 2.13. The van der Waals surface area contributed by atoms with Crippen LogP contribution in [0, 0.1) is 0 Å². The molecule has 0 bridgehead atoms. The predicted molar refractivity (Wildman–Crippen MR) is 88.1 cm³/mol. The van der Waals surface area contributed by atoms with Crippen molar-refractivity contribution in [3.63, 3.8) is 0 Å². The monoisotopic (exact) mass is 297 g/mol. The molecule has 0 aliphatic heterocycles. The van der Waals surface area contributed by atoms with E-state index in [4.69, 9.17) is 5.73 Å². The van der Waals surface area contributed by atoms with Gasteiger partial charge in [-0.25, -0.2) is 0 Å². The van der Waals surface area contributed by atoms with Crippen LogP contribution in [0.15, 0.2) is 54.7 Å². The summed E-state index contributed by atoms with van der Waals surface area (Å²) >= 11 is 0. The van der Waals surface area contributed by atoms with Gasteiger partial charge in [0.25, 0.3) is 0 Å². The van der Waals surface area contributed by atoms with Crippen molar-refractivity contribution < 1.29 is 4.79 Å². The zero-order chi connectivity index (χ0) is 15.6. The Hall–Kier alpha value is -2.20. The Bertz CT molecular complexity index is 557. The lowest BCUT2D eigenvalue weighted by molar-refractivity contribution is -0.131. The van der Waals surface area contributed by atoms with Crippen molar-refractivity contribution in [2.24, 2.45) is 5.73 Å². The molecule has 0 unspecified atom stereocenters. The van der Waals surface area contributed by atoms with Crippen LogP contribution in [0.3, 0.4) is 0 Å². The van der Waals surface area contributed by atoms with Crippen molar-refractivity contribution in [1.29, 1.82) is 0 Å². The van der Waals surface area contributed by atoms with Crippen molar-refractivity contribution in [2.45, 2.75) is 25.8 Å². The van der Waals surface area contributed by atoms with Gasteiger partial charge in [0.05, 0.1) is 0 Å². The average Bonchev–Trinajstić information content (AvgIpc) is 2.58. The van der Waals surface area contributed by atoms with Crippen LogP contribution in [0.5, 0.6) is 0 Å². The summed E-state index contributed by atoms with van der Waals surface area (Å²) in [4.78, 5) is 18.6. The van der Waals surface area contributed by atoms with Crippen LogP contribution in [-0.4, -0.2) is 28.9 Å². The van der Waals surface area contributed by atoms with Crippen LogP contribution >= 0.6 is 0 Å². The van der Waals surface area contributed by atoms with Gasteiger partial charge in [0.15, 0.2) is 0 Å². The van der Waals surface area contributed by atoms with Crippen LogP contribution in [0.25, 0.3) is 0 Å². The number of amides is 1. The molecule has 4 nitrogen and oxygen atoms in total. The average molecular weight is 297 g/mol. The second kappa shape index (κ2) is 8.95. The van der Waals surface area contributed by atoms with Crippen LogP contribution in [0.2, 0.25) is 0 Å². The zero-order valence-electron chi connectivity index (χ0n) is 12.8. The van der Waals surface area contributed by atoms with Gasteiger partial charge in [0.2, 0.25) is 5.91 Å². The van der Waals surface area contributed by atoms with Crippen molar-refractivity contribution in [3.8, 4) is 0 Å². The summed E-state index contributed by atoms with van der Waals surface area (Å²) in [5.74, 6) is 0.156. The SMILES string of the molecule is NCCCN(Cc1ccccc1)C(=O)CCc1ccccn1. The number of nitrogens with two attached hydrogens (primary N) is 1. The van der Waals surface area contributed by atoms with Crippen molar-refractivity contribution in [2.75, 3.05) is 13.1 Å². The van der Waals surface area contributed by atoms with Crippen molar-refractivity contribution in [1.82, 2.24) is 9.88 Å². The summed E-state index contributed by atoms with van der Waals surface area (Å²) in [7, 11) is 0. The molecule has 0 saturated carbocycles. The molecule has 0 atom stereocenters. The highest BCUT2D eigenvalue weighted by molar-refractivity contribution is 5.76. The number of aromatic nitrogens is 1. The molecular formula is C18H23N3O. The Morgan fingerprint density at radius 1 is 1.09 bits per heavy atom. The molecule has 0 aliphatic rings. The summed E-state index contributed by atoms with van der Waals surface area (Å²) < 4.78 is 0. The Kier molecular flexibility index (Phi) is 6.58. The first-order chi connectivity index (χ1) is 10.8. The lowest BCUT2D eigenvalue weighted by atomic mass is 10.1. The molecule has 0 saturated heterocycles. The molecule has 2 rings (SSSR count). The molecule has 2 N–H and O–H groups in total. The largest absolute Gasteiger partial charge is 0.338 e. The van der Waals surface area contributed by atoms with Gasteiger partial charge >= 0.3 is 0 Å². The van der Waals surface area contributed by atoms with E-state index in [1.807, 2.05) is 53.4 Å². The standard InChI is InChI=1S/C18H23N3O/c19-12-6-14-21(15-16-7-2-1-3-8-16)18(22)11-10-17-9-4-5-13-20-17/h1-5,7-9,13H,6,10-12,14-15,19H2. The number of pyridine rings is 1. The number of nitrogens with zero attached hydrogens (tertiary/aromatic N) is 2. The van der Waals surface area contributed by atoms with Gasteiger partial charge in [-0.1, -0.05) is 36.4 Å². The molecule has 1 aromatic heterocycles. The second-order valence-corrected chi connectivity index (χ2v) is 5.26. The number of benzene rings is 1. The normalized spacial score (nSPS) is 10.4. The third-order valence-electron chi connectivity index (χ3n) is 3.52. The van der Waals surface area contributed by atoms with E-state index in [1.165, 1.54) is 0 Å². The number of carbonyl (C=O) groups is 1. The maximum absolute atomic E-state index is 12.5. The summed E-state index contributed by atoms with van der Waals surface area (Å²) in [5.41, 5.74) is 7.68. The molecule has 116 valence electrons. The molecule has 0 radical (unpaired) electrons. The van der Waals surface area contributed by atoms with Crippen LogP contribution in [-0.2, 0) is 17.8 Å². The minimum atomic E-state index is 0.156. The number of carbonyl (C=O) groups excluding carboxylic acids is 1. The number of rotatable bonds is 8. The maximum Gasteiger partial charge on any atom is 0.223 e. The van der Waals surface area contributed by atoms with Gasteiger partial charge in [-0.2, -0.15) is 0 Å². The molecule has 4 heteroatoms. The molecule has 0 spiro atoms. The molecule has 0 fully saturated rings. The second-order valence-electron chi connectivity index (χ2n) is 5.26.